The van der Waals surface area contributed by atoms with Crippen LogP contribution in [0.5, 0.6) is 5.75 Å². The van der Waals surface area contributed by atoms with Crippen molar-refractivity contribution < 1.29 is 19.4 Å². The largest absolute Gasteiger partial charge is 0.488 e. The van der Waals surface area contributed by atoms with Crippen LogP contribution >= 0.6 is 11.3 Å². The first kappa shape index (κ1) is 28.2. The molecule has 2 saturated heterocycles. The van der Waals surface area contributed by atoms with E-state index in [2.05, 4.69) is 59.4 Å². The zero-order valence-corrected chi connectivity index (χ0v) is 25.4. The highest BCUT2D eigenvalue weighted by Crippen LogP contribution is 2.40. The van der Waals surface area contributed by atoms with Crippen molar-refractivity contribution in [2.45, 2.75) is 66.2 Å². The standard InChI is InChI=1S/C33H41N3O4S/c1-21-5-6-30(27(13-21)29-20-41-32(34-29)36-11-9-33(4,31(37)38)23(3)16-36)40-18-24-14-22(2)28-17-35(10-7-25(28)15-24)26-8-12-39-19-26/h5-6,13-15,20,23,26H,7-12,16-19H2,1-4H3,(H,37,38)/t23-,26?,33-/m0/s1. The zero-order valence-electron chi connectivity index (χ0n) is 24.6. The first-order chi connectivity index (χ1) is 19.7. The Labute approximate surface area is 247 Å². The number of carbonyl (C=O) groups is 1. The van der Waals surface area contributed by atoms with Crippen LogP contribution in [0.15, 0.2) is 35.7 Å². The Balaban J connectivity index is 1.16. The second-order valence-electron chi connectivity index (χ2n) is 12.4. The monoisotopic (exact) mass is 575 g/mol. The number of nitrogens with zero attached hydrogens (tertiary/aromatic N) is 3. The van der Waals surface area contributed by atoms with Gasteiger partial charge in [0.05, 0.1) is 17.7 Å². The fraction of sp³-hybridized carbons (Fsp3) is 0.515. The van der Waals surface area contributed by atoms with Crippen LogP contribution < -0.4 is 9.64 Å². The van der Waals surface area contributed by atoms with E-state index in [-0.39, 0.29) is 5.92 Å². The van der Waals surface area contributed by atoms with Gasteiger partial charge in [0.2, 0.25) is 0 Å². The van der Waals surface area contributed by atoms with E-state index in [1.165, 1.54) is 22.3 Å². The van der Waals surface area contributed by atoms with E-state index in [0.717, 1.165) is 66.8 Å². The van der Waals surface area contributed by atoms with Crippen molar-refractivity contribution in [3.63, 3.8) is 0 Å². The van der Waals surface area contributed by atoms with E-state index in [4.69, 9.17) is 14.5 Å². The number of ether oxygens (including phenoxy) is 2. The smallest absolute Gasteiger partial charge is 0.309 e. The van der Waals surface area contributed by atoms with E-state index < -0.39 is 11.4 Å². The fourth-order valence-electron chi connectivity index (χ4n) is 6.56. The molecular formula is C33H41N3O4S. The summed E-state index contributed by atoms with van der Waals surface area (Å²) in [5.41, 5.74) is 7.83. The lowest BCUT2D eigenvalue weighted by molar-refractivity contribution is -0.152. The third-order valence-electron chi connectivity index (χ3n) is 9.62. The van der Waals surface area contributed by atoms with Crippen LogP contribution in [-0.2, 0) is 29.1 Å². The molecule has 7 nitrogen and oxygen atoms in total. The van der Waals surface area contributed by atoms with Crippen LogP contribution in [0.4, 0.5) is 5.13 Å². The van der Waals surface area contributed by atoms with Gasteiger partial charge < -0.3 is 19.5 Å². The molecule has 0 spiro atoms. The third-order valence-corrected chi connectivity index (χ3v) is 10.5. The van der Waals surface area contributed by atoms with Gasteiger partial charge in [-0.3, -0.25) is 9.69 Å². The van der Waals surface area contributed by atoms with Gasteiger partial charge in [-0.15, -0.1) is 11.3 Å². The average molecular weight is 576 g/mol. The maximum atomic E-state index is 11.9. The van der Waals surface area contributed by atoms with E-state index >= 15 is 0 Å². The number of hydrogen-bond acceptors (Lipinski definition) is 7. The molecular weight excluding hydrogens is 534 g/mol. The Kier molecular flexibility index (Phi) is 7.83. The van der Waals surface area contributed by atoms with Crippen LogP contribution in [0.3, 0.4) is 0 Å². The molecule has 1 unspecified atom stereocenters. The molecule has 1 aromatic heterocycles. The number of aliphatic carboxylic acids is 1. The van der Waals surface area contributed by atoms with Gasteiger partial charge in [0.15, 0.2) is 5.13 Å². The number of fused-ring (bicyclic) bond motifs is 1. The molecule has 0 radical (unpaired) electrons. The van der Waals surface area contributed by atoms with Crippen LogP contribution in [0, 0.1) is 25.2 Å². The normalized spacial score (nSPS) is 24.8. The van der Waals surface area contributed by atoms with Crippen molar-refractivity contribution in [3.8, 4) is 17.0 Å². The van der Waals surface area contributed by atoms with Crippen LogP contribution in [-0.4, -0.2) is 59.8 Å². The van der Waals surface area contributed by atoms with E-state index in [0.29, 0.717) is 32.2 Å². The molecule has 0 amide bonds. The van der Waals surface area contributed by atoms with Crippen molar-refractivity contribution in [2.24, 2.45) is 11.3 Å². The number of benzene rings is 2. The number of carboxylic acids is 1. The summed E-state index contributed by atoms with van der Waals surface area (Å²) >= 11 is 1.62. The predicted octanol–water partition coefficient (Wildman–Crippen LogP) is 6.09. The summed E-state index contributed by atoms with van der Waals surface area (Å²) in [6.45, 7) is 14.0. The van der Waals surface area contributed by atoms with Crippen molar-refractivity contribution in [1.29, 1.82) is 0 Å². The summed E-state index contributed by atoms with van der Waals surface area (Å²) in [6.07, 6.45) is 2.82. The SMILES string of the molecule is Cc1ccc(OCc2cc(C)c3c(c2)CCN(C2CCOC2)C3)c(-c2csc(N3CC[C@](C)(C(=O)O)[C@@H](C)C3)n2)c1. The number of anilines is 1. The molecule has 6 rings (SSSR count). The minimum atomic E-state index is -0.707. The molecule has 8 heteroatoms. The number of aryl methyl sites for hydroxylation is 2. The predicted molar refractivity (Wildman–Crippen MR) is 163 cm³/mol. The number of carboxylic acid groups (broad SMARTS) is 1. The Morgan fingerprint density at radius 1 is 1.24 bits per heavy atom. The van der Waals surface area contributed by atoms with Gasteiger partial charge in [-0.1, -0.05) is 30.7 Å². The van der Waals surface area contributed by atoms with Gasteiger partial charge in [0, 0.05) is 49.8 Å². The van der Waals surface area contributed by atoms with Crippen LogP contribution in [0.1, 0.15) is 54.5 Å². The Bertz CT molecular complexity index is 1430. The summed E-state index contributed by atoms with van der Waals surface area (Å²) < 4.78 is 12.1. The number of piperidine rings is 1. The molecule has 41 heavy (non-hydrogen) atoms. The van der Waals surface area contributed by atoms with E-state index in [9.17, 15) is 9.90 Å². The van der Waals surface area contributed by atoms with Crippen molar-refractivity contribution in [2.75, 3.05) is 37.7 Å². The third kappa shape index (κ3) is 5.62. The van der Waals surface area contributed by atoms with Gasteiger partial charge in [-0.2, -0.15) is 0 Å². The van der Waals surface area contributed by atoms with Crippen LogP contribution in [0.25, 0.3) is 11.3 Å². The van der Waals surface area contributed by atoms with Crippen molar-refractivity contribution >= 4 is 22.4 Å². The highest BCUT2D eigenvalue weighted by atomic mass is 32.1. The molecule has 3 aromatic rings. The lowest BCUT2D eigenvalue weighted by Gasteiger charge is -2.41. The molecule has 218 valence electrons. The second kappa shape index (κ2) is 11.4. The van der Waals surface area contributed by atoms with Crippen LogP contribution in [0.2, 0.25) is 0 Å². The van der Waals surface area contributed by atoms with Crippen molar-refractivity contribution in [3.05, 3.63) is 63.5 Å². The molecule has 0 aliphatic carbocycles. The van der Waals surface area contributed by atoms with E-state index in [1.54, 1.807) is 11.3 Å². The maximum Gasteiger partial charge on any atom is 0.309 e. The summed E-state index contributed by atoms with van der Waals surface area (Å²) in [7, 11) is 0. The zero-order chi connectivity index (χ0) is 28.7. The number of rotatable bonds is 7. The quantitative estimate of drug-likeness (QED) is 0.365. The Morgan fingerprint density at radius 2 is 2.10 bits per heavy atom. The maximum absolute atomic E-state index is 11.9. The molecule has 3 atom stereocenters. The minimum Gasteiger partial charge on any atom is -0.488 e. The van der Waals surface area contributed by atoms with Crippen molar-refractivity contribution in [1.82, 2.24) is 9.88 Å². The van der Waals surface area contributed by atoms with Gasteiger partial charge in [-0.25, -0.2) is 4.98 Å². The van der Waals surface area contributed by atoms with Gasteiger partial charge in [0.25, 0.3) is 0 Å². The number of thiazole rings is 1. The van der Waals surface area contributed by atoms with Gasteiger partial charge in [-0.05, 0) is 80.3 Å². The first-order valence-electron chi connectivity index (χ1n) is 14.8. The molecule has 4 heterocycles. The van der Waals surface area contributed by atoms with Gasteiger partial charge >= 0.3 is 5.97 Å². The molecule has 0 saturated carbocycles. The fourth-order valence-corrected chi connectivity index (χ4v) is 7.43. The summed E-state index contributed by atoms with van der Waals surface area (Å²) in [6, 6.07) is 11.5. The van der Waals surface area contributed by atoms with E-state index in [1.807, 2.05) is 13.8 Å². The van der Waals surface area contributed by atoms with Gasteiger partial charge in [0.1, 0.15) is 12.4 Å². The minimum absolute atomic E-state index is 0.0406. The summed E-state index contributed by atoms with van der Waals surface area (Å²) in [4.78, 5) is 21.7. The molecule has 0 bridgehead atoms. The molecule has 3 aliphatic heterocycles. The summed E-state index contributed by atoms with van der Waals surface area (Å²) in [5.74, 6) is 0.167. The summed E-state index contributed by atoms with van der Waals surface area (Å²) in [5, 5.41) is 12.8. The highest BCUT2D eigenvalue weighted by Gasteiger charge is 2.43. The molecule has 2 fully saturated rings. The second-order valence-corrected chi connectivity index (χ2v) is 13.2. The first-order valence-corrected chi connectivity index (χ1v) is 15.7. The topological polar surface area (TPSA) is 75.1 Å². The lowest BCUT2D eigenvalue weighted by atomic mass is 9.73. The number of hydrogen-bond donors (Lipinski definition) is 1. The average Bonchev–Trinajstić information content (AvgIpc) is 3.67. The number of aromatic nitrogens is 1. The molecule has 3 aliphatic rings. The Hall–Kier alpha value is -2.94. The molecule has 1 N–H and O–H groups in total. The Morgan fingerprint density at radius 3 is 2.85 bits per heavy atom. The lowest BCUT2D eigenvalue weighted by Crippen LogP contribution is -2.48. The highest BCUT2D eigenvalue weighted by molar-refractivity contribution is 7.14. The molecule has 2 aromatic carbocycles.